The molecule has 1 fully saturated rings. The number of anilines is 1. The second kappa shape index (κ2) is 10.2. The Labute approximate surface area is 198 Å². The van der Waals surface area contributed by atoms with Gasteiger partial charge in [-0.05, 0) is 57.2 Å². The molecular formula is C26H31N3O5. The SMILES string of the molecule is CCN(C(=O)Cn1c(C(=O)NC2CCC(C(=O)OC)CC2)cc2occc21)c1cccc(C)c1. The van der Waals surface area contributed by atoms with Crippen molar-refractivity contribution in [3.05, 3.63) is 53.9 Å². The molecule has 0 aliphatic heterocycles. The van der Waals surface area contributed by atoms with Crippen LogP contribution in [-0.2, 0) is 20.9 Å². The van der Waals surface area contributed by atoms with Gasteiger partial charge in [0.2, 0.25) is 5.91 Å². The molecule has 0 saturated heterocycles. The molecule has 0 spiro atoms. The van der Waals surface area contributed by atoms with Crippen molar-refractivity contribution in [3.8, 4) is 0 Å². The summed E-state index contributed by atoms with van der Waals surface area (Å²) in [4.78, 5) is 40.0. The van der Waals surface area contributed by atoms with Crippen LogP contribution in [0.25, 0.3) is 11.1 Å². The molecule has 3 aromatic rings. The lowest BCUT2D eigenvalue weighted by molar-refractivity contribution is -0.146. The number of nitrogens with one attached hydrogen (secondary N) is 1. The first kappa shape index (κ1) is 23.6. The number of aromatic nitrogens is 1. The van der Waals surface area contributed by atoms with Gasteiger partial charge in [0.05, 0.1) is 24.8 Å². The number of aryl methyl sites for hydroxylation is 1. The first-order valence-corrected chi connectivity index (χ1v) is 11.7. The molecular weight excluding hydrogens is 434 g/mol. The van der Waals surface area contributed by atoms with E-state index < -0.39 is 0 Å². The number of hydrogen-bond acceptors (Lipinski definition) is 5. The van der Waals surface area contributed by atoms with Crippen LogP contribution in [0.5, 0.6) is 0 Å². The summed E-state index contributed by atoms with van der Waals surface area (Å²) >= 11 is 0. The molecule has 1 aliphatic rings. The Balaban J connectivity index is 1.51. The highest BCUT2D eigenvalue weighted by atomic mass is 16.5. The predicted octanol–water partition coefficient (Wildman–Crippen LogP) is 4.06. The zero-order valence-electron chi connectivity index (χ0n) is 19.9. The molecule has 2 amide bonds. The highest BCUT2D eigenvalue weighted by molar-refractivity contribution is 6.00. The maximum atomic E-state index is 13.3. The number of ether oxygens (including phenoxy) is 1. The van der Waals surface area contributed by atoms with Crippen LogP contribution in [0.3, 0.4) is 0 Å². The number of methoxy groups -OCH3 is 1. The van der Waals surface area contributed by atoms with Crippen molar-refractivity contribution in [1.82, 2.24) is 9.88 Å². The number of carbonyl (C=O) groups excluding carboxylic acids is 3. The lowest BCUT2D eigenvalue weighted by atomic mass is 9.86. The monoisotopic (exact) mass is 465 g/mol. The van der Waals surface area contributed by atoms with Gasteiger partial charge >= 0.3 is 5.97 Å². The Morgan fingerprint density at radius 3 is 2.59 bits per heavy atom. The Hall–Kier alpha value is -3.55. The van der Waals surface area contributed by atoms with Crippen molar-refractivity contribution < 1.29 is 23.5 Å². The van der Waals surface area contributed by atoms with E-state index in [2.05, 4.69) is 5.32 Å². The molecule has 34 heavy (non-hydrogen) atoms. The van der Waals surface area contributed by atoms with Crippen molar-refractivity contribution in [2.24, 2.45) is 5.92 Å². The maximum absolute atomic E-state index is 13.3. The van der Waals surface area contributed by atoms with Crippen molar-refractivity contribution >= 4 is 34.6 Å². The van der Waals surface area contributed by atoms with Crippen LogP contribution < -0.4 is 10.2 Å². The first-order chi connectivity index (χ1) is 16.4. The first-order valence-electron chi connectivity index (χ1n) is 11.7. The molecule has 8 heteroatoms. The summed E-state index contributed by atoms with van der Waals surface area (Å²) in [6.07, 6.45) is 4.33. The highest BCUT2D eigenvalue weighted by Gasteiger charge is 2.29. The molecule has 180 valence electrons. The van der Waals surface area contributed by atoms with Gasteiger partial charge in [-0.1, -0.05) is 12.1 Å². The smallest absolute Gasteiger partial charge is 0.308 e. The number of likely N-dealkylation sites (N-methyl/N-ethyl adjacent to an activating group) is 1. The molecule has 1 N–H and O–H groups in total. The fourth-order valence-corrected chi connectivity index (χ4v) is 4.75. The van der Waals surface area contributed by atoms with Gasteiger partial charge in [0.15, 0.2) is 5.58 Å². The number of fused-ring (bicyclic) bond motifs is 1. The summed E-state index contributed by atoms with van der Waals surface area (Å²) < 4.78 is 12.1. The maximum Gasteiger partial charge on any atom is 0.308 e. The Bertz CT molecular complexity index is 1190. The Morgan fingerprint density at radius 2 is 1.91 bits per heavy atom. The second-order valence-corrected chi connectivity index (χ2v) is 8.81. The minimum absolute atomic E-state index is 0.0165. The zero-order valence-corrected chi connectivity index (χ0v) is 19.9. The molecule has 0 radical (unpaired) electrons. The van der Waals surface area contributed by atoms with Crippen LogP contribution in [0, 0.1) is 12.8 Å². The number of nitrogens with zero attached hydrogens (tertiary/aromatic N) is 2. The van der Waals surface area contributed by atoms with E-state index in [0.29, 0.717) is 49.0 Å². The lowest BCUT2D eigenvalue weighted by Gasteiger charge is -2.27. The normalized spacial score (nSPS) is 18.0. The number of amides is 2. The summed E-state index contributed by atoms with van der Waals surface area (Å²) in [7, 11) is 1.40. The fraction of sp³-hybridized carbons (Fsp3) is 0.423. The van der Waals surface area contributed by atoms with Crippen LogP contribution in [0.2, 0.25) is 0 Å². The van der Waals surface area contributed by atoms with E-state index >= 15 is 0 Å². The highest BCUT2D eigenvalue weighted by Crippen LogP contribution is 2.27. The van der Waals surface area contributed by atoms with Gasteiger partial charge in [0.1, 0.15) is 12.2 Å². The summed E-state index contributed by atoms with van der Waals surface area (Å²) in [5.74, 6) is -0.658. The summed E-state index contributed by atoms with van der Waals surface area (Å²) in [5.41, 5.74) is 3.55. The number of rotatable bonds is 7. The number of carbonyl (C=O) groups is 3. The molecule has 0 bridgehead atoms. The second-order valence-electron chi connectivity index (χ2n) is 8.81. The molecule has 4 rings (SSSR count). The fourth-order valence-electron chi connectivity index (χ4n) is 4.75. The number of hydrogen-bond donors (Lipinski definition) is 1. The minimum atomic E-state index is -0.251. The van der Waals surface area contributed by atoms with Crippen LogP contribution in [-0.4, -0.2) is 42.0 Å². The number of benzene rings is 1. The predicted molar refractivity (Wildman–Crippen MR) is 129 cm³/mol. The third-order valence-corrected chi connectivity index (χ3v) is 6.58. The minimum Gasteiger partial charge on any atom is -0.469 e. The quantitative estimate of drug-likeness (QED) is 0.531. The van der Waals surface area contributed by atoms with E-state index in [0.717, 1.165) is 11.3 Å². The van der Waals surface area contributed by atoms with Crippen molar-refractivity contribution in [1.29, 1.82) is 0 Å². The van der Waals surface area contributed by atoms with Gasteiger partial charge in [-0.25, -0.2) is 0 Å². The Kier molecular flexibility index (Phi) is 7.05. The van der Waals surface area contributed by atoms with E-state index in [-0.39, 0.29) is 36.3 Å². The van der Waals surface area contributed by atoms with Gasteiger partial charge in [-0.15, -0.1) is 0 Å². The average molecular weight is 466 g/mol. The van der Waals surface area contributed by atoms with Crippen molar-refractivity contribution in [2.45, 2.75) is 52.1 Å². The third kappa shape index (κ3) is 4.85. The van der Waals surface area contributed by atoms with E-state index in [1.165, 1.54) is 7.11 Å². The molecule has 2 heterocycles. The molecule has 1 saturated carbocycles. The van der Waals surface area contributed by atoms with Gasteiger partial charge in [-0.2, -0.15) is 0 Å². The largest absolute Gasteiger partial charge is 0.469 e. The van der Waals surface area contributed by atoms with Crippen molar-refractivity contribution in [2.75, 3.05) is 18.6 Å². The van der Waals surface area contributed by atoms with Crippen LogP contribution in [0.15, 0.2) is 47.1 Å². The van der Waals surface area contributed by atoms with Gasteiger partial charge in [-0.3, -0.25) is 14.4 Å². The van der Waals surface area contributed by atoms with Crippen LogP contribution in [0.4, 0.5) is 5.69 Å². The molecule has 1 aliphatic carbocycles. The van der Waals surface area contributed by atoms with Gasteiger partial charge in [0, 0.05) is 30.4 Å². The average Bonchev–Trinajstić information content (AvgIpc) is 3.42. The van der Waals surface area contributed by atoms with Gasteiger partial charge < -0.3 is 23.9 Å². The molecule has 0 unspecified atom stereocenters. The topological polar surface area (TPSA) is 93.8 Å². The zero-order chi connectivity index (χ0) is 24.2. The van der Waals surface area contributed by atoms with Crippen LogP contribution >= 0.6 is 0 Å². The Morgan fingerprint density at radius 1 is 1.15 bits per heavy atom. The summed E-state index contributed by atoms with van der Waals surface area (Å²) in [6.45, 7) is 4.46. The summed E-state index contributed by atoms with van der Waals surface area (Å²) in [5, 5.41) is 3.08. The number of esters is 1. The van der Waals surface area contributed by atoms with E-state index in [1.807, 2.05) is 38.1 Å². The van der Waals surface area contributed by atoms with Crippen molar-refractivity contribution in [3.63, 3.8) is 0 Å². The third-order valence-electron chi connectivity index (χ3n) is 6.58. The standard InChI is InChI=1S/C26H31N3O5/c1-4-28(20-7-5-6-17(2)14-20)24(30)16-29-21-12-13-34-23(21)15-22(29)25(31)27-19-10-8-18(9-11-19)26(32)33-3/h5-7,12-15,18-19H,4,8-11,16H2,1-3H3,(H,27,31). The molecule has 8 nitrogen and oxygen atoms in total. The van der Waals surface area contributed by atoms with E-state index in [9.17, 15) is 14.4 Å². The number of furan rings is 1. The molecule has 1 aromatic carbocycles. The van der Waals surface area contributed by atoms with E-state index in [4.69, 9.17) is 9.15 Å². The lowest BCUT2D eigenvalue weighted by Crippen LogP contribution is -2.40. The van der Waals surface area contributed by atoms with Gasteiger partial charge in [0.25, 0.3) is 5.91 Å². The van der Waals surface area contributed by atoms with E-state index in [1.54, 1.807) is 27.9 Å². The van der Waals surface area contributed by atoms with Crippen LogP contribution in [0.1, 0.15) is 48.7 Å². The molecule has 0 atom stereocenters. The summed E-state index contributed by atoms with van der Waals surface area (Å²) in [6, 6.07) is 11.2. The molecule has 2 aromatic heterocycles.